The van der Waals surface area contributed by atoms with Crippen LogP contribution in [0.4, 0.5) is 0 Å². The number of aromatic nitrogens is 1. The van der Waals surface area contributed by atoms with Crippen molar-refractivity contribution in [3.8, 4) is 0 Å². The fraction of sp³-hybridized carbons (Fsp3) is 0.471. The van der Waals surface area contributed by atoms with Gasteiger partial charge in [0.1, 0.15) is 0 Å². The minimum Gasteiger partial charge on any atom is -0.361 e. The second-order valence-corrected chi connectivity index (χ2v) is 5.94. The first kappa shape index (κ1) is 15.6. The molecule has 0 fully saturated rings. The van der Waals surface area contributed by atoms with Crippen LogP contribution in [0.1, 0.15) is 25.3 Å². The van der Waals surface area contributed by atoms with Crippen molar-refractivity contribution in [3.63, 3.8) is 0 Å². The highest BCUT2D eigenvalue weighted by atomic mass is 16.1. The van der Waals surface area contributed by atoms with Crippen molar-refractivity contribution in [2.75, 3.05) is 20.6 Å². The van der Waals surface area contributed by atoms with Crippen LogP contribution >= 0.6 is 0 Å². The molecule has 21 heavy (non-hydrogen) atoms. The highest BCUT2D eigenvalue weighted by molar-refractivity contribution is 5.83. The van der Waals surface area contributed by atoms with Gasteiger partial charge in [-0.2, -0.15) is 0 Å². The Balaban J connectivity index is 1.78. The lowest BCUT2D eigenvalue weighted by atomic mass is 10.1. The molecule has 0 spiro atoms. The number of aromatic amines is 1. The predicted octanol–water partition coefficient (Wildman–Crippen LogP) is 2.56. The number of nitrogens with zero attached hydrogens (tertiary/aromatic N) is 1. The number of rotatable bonds is 7. The molecule has 2 N–H and O–H groups in total. The van der Waals surface area contributed by atoms with Crippen molar-refractivity contribution >= 4 is 16.8 Å². The summed E-state index contributed by atoms with van der Waals surface area (Å²) in [5.41, 5.74) is 2.45. The SMILES string of the molecule is CC(CN(C)C)NC(=O)CCCc1c[nH]c2ccccc12. The maximum absolute atomic E-state index is 11.9. The third-order valence-electron chi connectivity index (χ3n) is 3.57. The summed E-state index contributed by atoms with van der Waals surface area (Å²) in [7, 11) is 4.03. The van der Waals surface area contributed by atoms with Gasteiger partial charge in [-0.15, -0.1) is 0 Å². The third kappa shape index (κ3) is 4.60. The second-order valence-electron chi connectivity index (χ2n) is 5.94. The molecule has 0 radical (unpaired) electrons. The number of carbonyl (C=O) groups is 1. The molecule has 0 aliphatic carbocycles. The van der Waals surface area contributed by atoms with Crippen LogP contribution < -0.4 is 5.32 Å². The van der Waals surface area contributed by atoms with Gasteiger partial charge in [0.25, 0.3) is 0 Å². The Morgan fingerprint density at radius 3 is 2.86 bits per heavy atom. The van der Waals surface area contributed by atoms with Gasteiger partial charge in [-0.25, -0.2) is 0 Å². The second kappa shape index (κ2) is 7.27. The summed E-state index contributed by atoms with van der Waals surface area (Å²) in [5.74, 6) is 0.143. The number of hydrogen-bond acceptors (Lipinski definition) is 2. The molecule has 1 aromatic heterocycles. The molecular weight excluding hydrogens is 262 g/mol. The molecule has 4 heteroatoms. The fourth-order valence-electron chi connectivity index (χ4n) is 2.72. The van der Waals surface area contributed by atoms with Gasteiger partial charge in [-0.3, -0.25) is 4.79 Å². The molecule has 0 bridgehead atoms. The van der Waals surface area contributed by atoms with Gasteiger partial charge in [0, 0.05) is 36.1 Å². The van der Waals surface area contributed by atoms with Gasteiger partial charge < -0.3 is 15.2 Å². The van der Waals surface area contributed by atoms with E-state index in [2.05, 4.69) is 39.6 Å². The zero-order chi connectivity index (χ0) is 15.2. The summed E-state index contributed by atoms with van der Waals surface area (Å²) in [6, 6.07) is 8.48. The molecule has 1 amide bonds. The van der Waals surface area contributed by atoms with Crippen LogP contribution in [0.15, 0.2) is 30.5 Å². The van der Waals surface area contributed by atoms with Crippen molar-refractivity contribution in [1.29, 1.82) is 0 Å². The van der Waals surface area contributed by atoms with Crippen LogP contribution in [0.5, 0.6) is 0 Å². The van der Waals surface area contributed by atoms with Crippen molar-refractivity contribution in [1.82, 2.24) is 15.2 Å². The van der Waals surface area contributed by atoms with E-state index in [1.54, 1.807) is 0 Å². The lowest BCUT2D eigenvalue weighted by molar-refractivity contribution is -0.121. The first-order valence-corrected chi connectivity index (χ1v) is 7.55. The molecular formula is C17H25N3O. The topological polar surface area (TPSA) is 48.1 Å². The molecule has 0 saturated heterocycles. The Morgan fingerprint density at radius 1 is 1.33 bits per heavy atom. The highest BCUT2D eigenvalue weighted by Crippen LogP contribution is 2.19. The van der Waals surface area contributed by atoms with Crippen molar-refractivity contribution in [3.05, 3.63) is 36.0 Å². The molecule has 0 aliphatic heterocycles. The van der Waals surface area contributed by atoms with Gasteiger partial charge >= 0.3 is 0 Å². The van der Waals surface area contributed by atoms with Gasteiger partial charge in [-0.1, -0.05) is 18.2 Å². The van der Waals surface area contributed by atoms with E-state index in [1.807, 2.05) is 27.1 Å². The van der Waals surface area contributed by atoms with E-state index in [0.29, 0.717) is 6.42 Å². The third-order valence-corrected chi connectivity index (χ3v) is 3.57. The van der Waals surface area contributed by atoms with Crippen molar-refractivity contribution in [2.45, 2.75) is 32.2 Å². The van der Waals surface area contributed by atoms with E-state index < -0.39 is 0 Å². The minimum absolute atomic E-state index is 0.143. The van der Waals surface area contributed by atoms with Crippen LogP contribution in [-0.4, -0.2) is 42.5 Å². The van der Waals surface area contributed by atoms with Crippen LogP contribution in [-0.2, 0) is 11.2 Å². The monoisotopic (exact) mass is 287 g/mol. The number of nitrogens with one attached hydrogen (secondary N) is 2. The van der Waals surface area contributed by atoms with Crippen LogP contribution in [0.2, 0.25) is 0 Å². The van der Waals surface area contributed by atoms with Crippen LogP contribution in [0.25, 0.3) is 10.9 Å². The molecule has 1 heterocycles. The number of H-pyrrole nitrogens is 1. The number of hydrogen-bond donors (Lipinski definition) is 2. The average Bonchev–Trinajstić information content (AvgIpc) is 2.81. The Kier molecular flexibility index (Phi) is 5.39. The Bertz CT molecular complexity index is 588. The van der Waals surface area contributed by atoms with Gasteiger partial charge in [0.2, 0.25) is 5.91 Å². The maximum Gasteiger partial charge on any atom is 0.220 e. The first-order valence-electron chi connectivity index (χ1n) is 7.55. The summed E-state index contributed by atoms with van der Waals surface area (Å²) in [5, 5.41) is 4.30. The molecule has 1 unspecified atom stereocenters. The molecule has 114 valence electrons. The van der Waals surface area contributed by atoms with Gasteiger partial charge in [0.05, 0.1) is 0 Å². The molecule has 4 nitrogen and oxygen atoms in total. The zero-order valence-electron chi connectivity index (χ0n) is 13.1. The van der Waals surface area contributed by atoms with E-state index in [-0.39, 0.29) is 11.9 Å². The average molecular weight is 287 g/mol. The Hall–Kier alpha value is -1.81. The lowest BCUT2D eigenvalue weighted by Crippen LogP contribution is -2.39. The van der Waals surface area contributed by atoms with E-state index in [4.69, 9.17) is 0 Å². The summed E-state index contributed by atoms with van der Waals surface area (Å²) < 4.78 is 0. The maximum atomic E-state index is 11.9. The zero-order valence-corrected chi connectivity index (χ0v) is 13.1. The Morgan fingerprint density at radius 2 is 2.10 bits per heavy atom. The fourth-order valence-corrected chi connectivity index (χ4v) is 2.72. The number of amides is 1. The predicted molar refractivity (Wildman–Crippen MR) is 87.4 cm³/mol. The highest BCUT2D eigenvalue weighted by Gasteiger charge is 2.09. The summed E-state index contributed by atoms with van der Waals surface area (Å²) in [4.78, 5) is 17.2. The normalized spacial score (nSPS) is 12.8. The lowest BCUT2D eigenvalue weighted by Gasteiger charge is -2.18. The van der Waals surface area contributed by atoms with E-state index in [9.17, 15) is 4.79 Å². The van der Waals surface area contributed by atoms with E-state index in [1.165, 1.54) is 10.9 Å². The molecule has 0 saturated carbocycles. The quantitative estimate of drug-likeness (QED) is 0.822. The number of para-hydroxylation sites is 1. The first-order chi connectivity index (χ1) is 10.1. The summed E-state index contributed by atoms with van der Waals surface area (Å²) in [6.45, 7) is 2.91. The Labute approximate surface area is 126 Å². The number of carbonyl (C=O) groups excluding carboxylic acids is 1. The largest absolute Gasteiger partial charge is 0.361 e. The number of benzene rings is 1. The molecule has 2 aromatic rings. The van der Waals surface area contributed by atoms with E-state index >= 15 is 0 Å². The molecule has 1 atom stereocenters. The van der Waals surface area contributed by atoms with Gasteiger partial charge in [-0.05, 0) is 45.5 Å². The number of likely N-dealkylation sites (N-methyl/N-ethyl adjacent to an activating group) is 1. The molecule has 1 aromatic carbocycles. The summed E-state index contributed by atoms with van der Waals surface area (Å²) in [6.07, 6.45) is 4.44. The van der Waals surface area contributed by atoms with Crippen molar-refractivity contribution < 1.29 is 4.79 Å². The van der Waals surface area contributed by atoms with Gasteiger partial charge in [0.15, 0.2) is 0 Å². The van der Waals surface area contributed by atoms with Crippen molar-refractivity contribution in [2.24, 2.45) is 0 Å². The smallest absolute Gasteiger partial charge is 0.220 e. The molecule has 0 aliphatic rings. The van der Waals surface area contributed by atoms with Crippen LogP contribution in [0.3, 0.4) is 0 Å². The minimum atomic E-state index is 0.143. The summed E-state index contributed by atoms with van der Waals surface area (Å²) >= 11 is 0. The van der Waals surface area contributed by atoms with Crippen LogP contribution in [0, 0.1) is 0 Å². The number of aryl methyl sites for hydroxylation is 1. The standard InChI is InChI=1S/C17H25N3O/c1-13(12-20(2)3)19-17(21)10-6-7-14-11-18-16-9-5-4-8-15(14)16/h4-5,8-9,11,13,18H,6-7,10,12H2,1-3H3,(H,19,21). The molecule has 2 rings (SSSR count). The van der Waals surface area contributed by atoms with E-state index in [0.717, 1.165) is 24.9 Å². The number of fused-ring (bicyclic) bond motifs is 1.